The number of hydrogen-bond donors (Lipinski definition) is 2. The molecule has 0 spiro atoms. The Bertz CT molecular complexity index is 456. The van der Waals surface area contributed by atoms with Crippen LogP contribution in [0.3, 0.4) is 0 Å². The van der Waals surface area contributed by atoms with Crippen molar-refractivity contribution in [3.05, 3.63) is 0 Å². The van der Waals surface area contributed by atoms with Gasteiger partial charge in [0, 0.05) is 25.2 Å². The van der Waals surface area contributed by atoms with E-state index in [-0.39, 0.29) is 5.54 Å². The fourth-order valence-electron chi connectivity index (χ4n) is 2.67. The molecule has 0 bridgehead atoms. The van der Waals surface area contributed by atoms with Crippen LogP contribution < -0.4 is 21.1 Å². The highest BCUT2D eigenvalue weighted by Crippen LogP contribution is 2.32. The smallest absolute Gasteiger partial charge is 0.243 e. The van der Waals surface area contributed by atoms with Crippen LogP contribution in [0.15, 0.2) is 0 Å². The van der Waals surface area contributed by atoms with Gasteiger partial charge in [0.05, 0.1) is 0 Å². The predicted octanol–water partition coefficient (Wildman–Crippen LogP) is 1.38. The lowest BCUT2D eigenvalue weighted by molar-refractivity contribution is 0.509. The van der Waals surface area contributed by atoms with Gasteiger partial charge in [0.25, 0.3) is 0 Å². The van der Waals surface area contributed by atoms with E-state index in [1.165, 1.54) is 0 Å². The first-order chi connectivity index (χ1) is 9.51. The first kappa shape index (κ1) is 14.8. The summed E-state index contributed by atoms with van der Waals surface area (Å²) in [5.74, 6) is 7.30. The Labute approximate surface area is 120 Å². The molecule has 0 aromatic carbocycles. The van der Waals surface area contributed by atoms with Gasteiger partial charge in [-0.15, -0.1) is 0 Å². The summed E-state index contributed by atoms with van der Waals surface area (Å²) >= 11 is 0. The average molecular weight is 279 g/mol. The lowest BCUT2D eigenvalue weighted by Gasteiger charge is -2.32. The molecular formula is C13H25N7. The molecule has 0 atom stereocenters. The summed E-state index contributed by atoms with van der Waals surface area (Å²) in [6, 6.07) is 0. The van der Waals surface area contributed by atoms with Crippen LogP contribution in [-0.4, -0.2) is 40.1 Å². The summed E-state index contributed by atoms with van der Waals surface area (Å²) in [6.45, 7) is 11.3. The molecule has 2 heterocycles. The van der Waals surface area contributed by atoms with Gasteiger partial charge in [0.2, 0.25) is 17.8 Å². The van der Waals surface area contributed by atoms with Gasteiger partial charge in [-0.3, -0.25) is 5.43 Å². The fraction of sp³-hybridized carbons (Fsp3) is 0.769. The molecular weight excluding hydrogens is 254 g/mol. The zero-order valence-electron chi connectivity index (χ0n) is 12.8. The Morgan fingerprint density at radius 1 is 1.25 bits per heavy atom. The molecule has 0 unspecified atom stereocenters. The standard InChI is InChI=1S/C13H25N7/c1-5-19(6-2)11-15-10(18-14)16-12(17-11)20-9-7-8-13(20,3)4/h5-9,14H2,1-4H3,(H,15,16,17,18). The summed E-state index contributed by atoms with van der Waals surface area (Å²) in [6.07, 6.45) is 2.30. The van der Waals surface area contributed by atoms with Gasteiger partial charge in [0.15, 0.2) is 0 Å². The summed E-state index contributed by atoms with van der Waals surface area (Å²) in [4.78, 5) is 17.7. The van der Waals surface area contributed by atoms with Gasteiger partial charge >= 0.3 is 0 Å². The van der Waals surface area contributed by atoms with Gasteiger partial charge in [-0.2, -0.15) is 15.0 Å². The second-order valence-corrected chi connectivity index (χ2v) is 5.64. The predicted molar refractivity (Wildman–Crippen MR) is 81.9 cm³/mol. The number of nitrogens with zero attached hydrogens (tertiary/aromatic N) is 5. The van der Waals surface area contributed by atoms with Crippen LogP contribution in [0.5, 0.6) is 0 Å². The van der Waals surface area contributed by atoms with Crippen molar-refractivity contribution in [3.63, 3.8) is 0 Å². The topological polar surface area (TPSA) is 83.2 Å². The summed E-state index contributed by atoms with van der Waals surface area (Å²) < 4.78 is 0. The molecule has 0 radical (unpaired) electrons. The van der Waals surface area contributed by atoms with Crippen LogP contribution >= 0.6 is 0 Å². The molecule has 112 valence electrons. The molecule has 7 nitrogen and oxygen atoms in total. The highest BCUT2D eigenvalue weighted by molar-refractivity contribution is 5.47. The monoisotopic (exact) mass is 279 g/mol. The van der Waals surface area contributed by atoms with Crippen molar-refractivity contribution in [1.82, 2.24) is 15.0 Å². The number of hydrazine groups is 1. The minimum absolute atomic E-state index is 0.0771. The Balaban J connectivity index is 2.40. The lowest BCUT2D eigenvalue weighted by atomic mass is 10.0. The van der Waals surface area contributed by atoms with Crippen molar-refractivity contribution in [2.45, 2.75) is 46.1 Å². The molecule has 1 saturated heterocycles. The Hall–Kier alpha value is -1.63. The van der Waals surface area contributed by atoms with Crippen molar-refractivity contribution in [2.24, 2.45) is 5.84 Å². The molecule has 1 aromatic rings. The van der Waals surface area contributed by atoms with E-state index in [2.05, 4.69) is 57.9 Å². The molecule has 1 aliphatic heterocycles. The van der Waals surface area contributed by atoms with E-state index < -0.39 is 0 Å². The summed E-state index contributed by atoms with van der Waals surface area (Å²) in [7, 11) is 0. The average Bonchev–Trinajstić information content (AvgIpc) is 2.79. The molecule has 7 heteroatoms. The Morgan fingerprint density at radius 2 is 1.95 bits per heavy atom. The highest BCUT2D eigenvalue weighted by atomic mass is 15.4. The van der Waals surface area contributed by atoms with Crippen molar-refractivity contribution < 1.29 is 0 Å². The number of hydrogen-bond acceptors (Lipinski definition) is 7. The normalized spacial score (nSPS) is 17.4. The van der Waals surface area contributed by atoms with E-state index in [4.69, 9.17) is 5.84 Å². The Morgan fingerprint density at radius 3 is 2.45 bits per heavy atom. The zero-order valence-corrected chi connectivity index (χ0v) is 12.8. The van der Waals surface area contributed by atoms with E-state index in [9.17, 15) is 0 Å². The molecule has 2 rings (SSSR count). The number of nitrogen functional groups attached to an aromatic ring is 1. The SMILES string of the molecule is CCN(CC)c1nc(NN)nc(N2CCCC2(C)C)n1. The number of rotatable bonds is 5. The minimum atomic E-state index is 0.0771. The quantitative estimate of drug-likeness (QED) is 0.622. The summed E-state index contributed by atoms with van der Waals surface area (Å²) in [5.41, 5.74) is 2.62. The lowest BCUT2D eigenvalue weighted by Crippen LogP contribution is -2.40. The van der Waals surface area contributed by atoms with E-state index in [0.29, 0.717) is 17.8 Å². The molecule has 1 fully saturated rings. The van der Waals surface area contributed by atoms with Crippen molar-refractivity contribution in [3.8, 4) is 0 Å². The van der Waals surface area contributed by atoms with Crippen LogP contribution in [0.2, 0.25) is 0 Å². The first-order valence-corrected chi connectivity index (χ1v) is 7.27. The molecule has 0 saturated carbocycles. The first-order valence-electron chi connectivity index (χ1n) is 7.27. The van der Waals surface area contributed by atoms with Crippen LogP contribution in [0.4, 0.5) is 17.8 Å². The molecule has 3 N–H and O–H groups in total. The molecule has 0 amide bonds. The largest absolute Gasteiger partial charge is 0.341 e. The highest BCUT2D eigenvalue weighted by Gasteiger charge is 2.34. The van der Waals surface area contributed by atoms with Gasteiger partial charge < -0.3 is 9.80 Å². The number of anilines is 3. The maximum absolute atomic E-state index is 5.50. The van der Waals surface area contributed by atoms with Gasteiger partial charge in [-0.1, -0.05) is 0 Å². The maximum Gasteiger partial charge on any atom is 0.243 e. The van der Waals surface area contributed by atoms with E-state index in [1.54, 1.807) is 0 Å². The molecule has 1 aliphatic rings. The van der Waals surface area contributed by atoms with Crippen molar-refractivity contribution >= 4 is 17.8 Å². The third kappa shape index (κ3) is 2.77. The third-order valence-corrected chi connectivity index (χ3v) is 3.93. The minimum Gasteiger partial charge on any atom is -0.341 e. The maximum atomic E-state index is 5.50. The van der Waals surface area contributed by atoms with Gasteiger partial charge in [0.1, 0.15) is 0 Å². The van der Waals surface area contributed by atoms with Crippen LogP contribution in [0, 0.1) is 0 Å². The number of aromatic nitrogens is 3. The van der Waals surface area contributed by atoms with Crippen LogP contribution in [0.25, 0.3) is 0 Å². The zero-order chi connectivity index (χ0) is 14.8. The van der Waals surface area contributed by atoms with Crippen molar-refractivity contribution in [1.29, 1.82) is 0 Å². The second kappa shape index (κ2) is 5.78. The number of nitrogens with one attached hydrogen (secondary N) is 1. The molecule has 1 aromatic heterocycles. The van der Waals surface area contributed by atoms with Crippen molar-refractivity contribution in [2.75, 3.05) is 34.9 Å². The van der Waals surface area contributed by atoms with Gasteiger partial charge in [-0.25, -0.2) is 5.84 Å². The summed E-state index contributed by atoms with van der Waals surface area (Å²) in [5, 5.41) is 0. The number of nitrogens with two attached hydrogens (primary N) is 1. The van der Waals surface area contributed by atoms with E-state index in [1.807, 2.05) is 0 Å². The molecule has 20 heavy (non-hydrogen) atoms. The van der Waals surface area contributed by atoms with Gasteiger partial charge in [-0.05, 0) is 40.5 Å². The third-order valence-electron chi connectivity index (χ3n) is 3.93. The van der Waals surface area contributed by atoms with Crippen LogP contribution in [0.1, 0.15) is 40.5 Å². The second-order valence-electron chi connectivity index (χ2n) is 5.64. The fourth-order valence-corrected chi connectivity index (χ4v) is 2.67. The van der Waals surface area contributed by atoms with E-state index >= 15 is 0 Å². The van der Waals surface area contributed by atoms with Crippen LogP contribution in [-0.2, 0) is 0 Å². The molecule has 0 aliphatic carbocycles. The van der Waals surface area contributed by atoms with E-state index in [0.717, 1.165) is 32.5 Å². The Kier molecular flexibility index (Phi) is 4.27.